The van der Waals surface area contributed by atoms with E-state index in [4.69, 9.17) is 11.6 Å². The second-order valence-electron chi connectivity index (χ2n) is 6.53. The van der Waals surface area contributed by atoms with E-state index in [0.717, 1.165) is 22.3 Å². The van der Waals surface area contributed by atoms with E-state index in [-0.39, 0.29) is 12.1 Å². The molecule has 4 aromatic rings. The zero-order valence-corrected chi connectivity index (χ0v) is 16.3. The van der Waals surface area contributed by atoms with Gasteiger partial charge >= 0.3 is 0 Å². The predicted molar refractivity (Wildman–Crippen MR) is 103 cm³/mol. The van der Waals surface area contributed by atoms with Crippen LogP contribution < -0.4 is 0 Å². The van der Waals surface area contributed by atoms with Crippen molar-refractivity contribution >= 4 is 33.2 Å². The number of thiazole rings is 1. The Kier molecular flexibility index (Phi) is 4.86. The Bertz CT molecular complexity index is 1130. The third-order valence-electron chi connectivity index (χ3n) is 4.72. The summed E-state index contributed by atoms with van der Waals surface area (Å²) >= 11 is 7.41. The molecule has 2 aromatic carbocycles. The molecule has 2 heterocycles. The maximum atomic E-state index is 14.6. The molecule has 0 bridgehead atoms. The third-order valence-corrected chi connectivity index (χ3v) is 6.16. The molecule has 4 rings (SSSR count). The van der Waals surface area contributed by atoms with Crippen LogP contribution >= 0.6 is 22.9 Å². The Hall–Kier alpha value is -2.42. The molecule has 2 aromatic heterocycles. The number of fused-ring (bicyclic) bond motifs is 1. The lowest BCUT2D eigenvalue weighted by molar-refractivity contribution is -0.0112. The van der Waals surface area contributed by atoms with Gasteiger partial charge in [-0.2, -0.15) is 5.10 Å². The van der Waals surface area contributed by atoms with Crippen molar-refractivity contribution in [2.45, 2.75) is 25.0 Å². The van der Waals surface area contributed by atoms with Crippen LogP contribution in [0.2, 0.25) is 5.02 Å². The van der Waals surface area contributed by atoms with Crippen molar-refractivity contribution in [1.29, 1.82) is 0 Å². The molecular weight excluding hydrogens is 406 g/mol. The summed E-state index contributed by atoms with van der Waals surface area (Å²) in [5, 5.41) is 16.8. The van der Waals surface area contributed by atoms with E-state index in [2.05, 4.69) is 15.1 Å². The lowest BCUT2D eigenvalue weighted by Crippen LogP contribution is -2.38. The minimum atomic E-state index is -1.73. The first-order chi connectivity index (χ1) is 13.4. The predicted octanol–water partition coefficient (Wildman–Crippen LogP) is 4.51. The van der Waals surface area contributed by atoms with Gasteiger partial charge in [-0.1, -0.05) is 24.6 Å². The van der Waals surface area contributed by atoms with Crippen LogP contribution in [-0.4, -0.2) is 24.9 Å². The molecule has 0 saturated carbocycles. The van der Waals surface area contributed by atoms with Crippen LogP contribution in [0.25, 0.3) is 10.2 Å². The Balaban J connectivity index is 1.83. The average Bonchev–Trinajstić information content (AvgIpc) is 3.29. The van der Waals surface area contributed by atoms with Crippen LogP contribution in [-0.2, 0) is 12.1 Å². The van der Waals surface area contributed by atoms with Gasteiger partial charge in [0.05, 0.1) is 21.8 Å². The zero-order chi connectivity index (χ0) is 19.9. The quantitative estimate of drug-likeness (QED) is 0.516. The van der Waals surface area contributed by atoms with Crippen LogP contribution in [0.4, 0.5) is 8.78 Å². The number of halogens is 3. The maximum Gasteiger partial charge on any atom is 0.137 e. The fourth-order valence-corrected chi connectivity index (χ4v) is 4.55. The van der Waals surface area contributed by atoms with Crippen LogP contribution in [0.5, 0.6) is 0 Å². The summed E-state index contributed by atoms with van der Waals surface area (Å²) in [5.41, 5.74) is -1.03. The second-order valence-corrected chi connectivity index (χ2v) is 8.03. The Morgan fingerprint density at radius 3 is 2.79 bits per heavy atom. The molecule has 0 fully saturated rings. The molecule has 0 aliphatic rings. The highest BCUT2D eigenvalue weighted by Crippen LogP contribution is 2.42. The maximum absolute atomic E-state index is 14.6. The Labute approximate surface area is 168 Å². The zero-order valence-electron chi connectivity index (χ0n) is 14.7. The highest BCUT2D eigenvalue weighted by Gasteiger charge is 2.41. The number of nitrogens with zero attached hydrogens (tertiary/aromatic N) is 4. The van der Waals surface area contributed by atoms with Gasteiger partial charge in [-0.15, -0.1) is 11.3 Å². The van der Waals surface area contributed by atoms with Crippen LogP contribution in [0.1, 0.15) is 23.4 Å². The Morgan fingerprint density at radius 1 is 1.25 bits per heavy atom. The molecule has 0 aliphatic heterocycles. The van der Waals surface area contributed by atoms with Gasteiger partial charge in [0.2, 0.25) is 0 Å². The van der Waals surface area contributed by atoms with Crippen molar-refractivity contribution in [2.24, 2.45) is 0 Å². The molecule has 0 radical (unpaired) electrons. The van der Waals surface area contributed by atoms with Crippen molar-refractivity contribution < 1.29 is 13.9 Å². The van der Waals surface area contributed by atoms with E-state index in [1.807, 2.05) is 0 Å². The first-order valence-electron chi connectivity index (χ1n) is 8.43. The van der Waals surface area contributed by atoms with Gasteiger partial charge in [0.25, 0.3) is 0 Å². The monoisotopic (exact) mass is 420 g/mol. The number of aliphatic hydroxyl groups is 1. The molecule has 0 saturated heterocycles. The summed E-state index contributed by atoms with van der Waals surface area (Å²) in [6.07, 6.45) is 2.75. The van der Waals surface area contributed by atoms with Gasteiger partial charge in [-0.25, -0.2) is 23.4 Å². The molecule has 28 heavy (non-hydrogen) atoms. The van der Waals surface area contributed by atoms with E-state index in [1.165, 1.54) is 34.7 Å². The minimum absolute atomic E-state index is 0.0332. The van der Waals surface area contributed by atoms with E-state index in [0.29, 0.717) is 10.0 Å². The Morgan fingerprint density at radius 2 is 2.07 bits per heavy atom. The second kappa shape index (κ2) is 7.20. The molecule has 0 amide bonds. The smallest absolute Gasteiger partial charge is 0.137 e. The summed E-state index contributed by atoms with van der Waals surface area (Å²) in [6.45, 7) is 1.67. The fraction of sp³-hybridized carbons (Fsp3) is 0.211. The van der Waals surface area contributed by atoms with Crippen LogP contribution in [0.3, 0.4) is 0 Å². The average molecular weight is 421 g/mol. The molecular formula is C19H15ClF2N4OS. The number of hydrogen-bond acceptors (Lipinski definition) is 5. The number of hydrogen-bond donors (Lipinski definition) is 1. The van der Waals surface area contributed by atoms with E-state index < -0.39 is 23.2 Å². The standard InChI is InChI=1S/C19H15ClF2N4OS/c1-11(18-25-16-5-2-12(20)6-17(16)28-18)19(27,8-26-10-23-9-24-26)14-4-3-13(21)7-15(14)22/h2-7,9-11,27H,8H2,1H3/t11-,19+/m0/s1. The first-order valence-corrected chi connectivity index (χ1v) is 9.62. The summed E-state index contributed by atoms with van der Waals surface area (Å²) in [6, 6.07) is 8.45. The third kappa shape index (κ3) is 3.39. The topological polar surface area (TPSA) is 63.8 Å². The molecule has 1 N–H and O–H groups in total. The van der Waals surface area contributed by atoms with Gasteiger partial charge in [0.15, 0.2) is 0 Å². The summed E-state index contributed by atoms with van der Waals surface area (Å²) in [5.74, 6) is -2.17. The van der Waals surface area contributed by atoms with Crippen molar-refractivity contribution in [3.8, 4) is 0 Å². The van der Waals surface area contributed by atoms with Gasteiger partial charge in [0.1, 0.15) is 29.9 Å². The van der Waals surface area contributed by atoms with E-state index in [1.54, 1.807) is 25.1 Å². The molecule has 0 unspecified atom stereocenters. The van der Waals surface area contributed by atoms with Gasteiger partial charge < -0.3 is 5.11 Å². The van der Waals surface area contributed by atoms with E-state index >= 15 is 0 Å². The lowest BCUT2D eigenvalue weighted by atomic mass is 9.82. The van der Waals surface area contributed by atoms with Gasteiger partial charge in [-0.3, -0.25) is 0 Å². The summed E-state index contributed by atoms with van der Waals surface area (Å²) in [4.78, 5) is 8.45. The molecule has 5 nitrogen and oxygen atoms in total. The summed E-state index contributed by atoms with van der Waals surface area (Å²) < 4.78 is 30.3. The number of aromatic nitrogens is 4. The summed E-state index contributed by atoms with van der Waals surface area (Å²) in [7, 11) is 0. The van der Waals surface area contributed by atoms with E-state index in [9.17, 15) is 13.9 Å². The molecule has 0 aliphatic carbocycles. The normalized spacial score (nSPS) is 14.9. The highest BCUT2D eigenvalue weighted by molar-refractivity contribution is 7.18. The van der Waals surface area contributed by atoms with Crippen molar-refractivity contribution in [2.75, 3.05) is 0 Å². The first kappa shape index (κ1) is 18.9. The van der Waals surface area contributed by atoms with Gasteiger partial charge in [0, 0.05) is 22.6 Å². The molecule has 9 heteroatoms. The van der Waals surface area contributed by atoms with Crippen molar-refractivity contribution in [1.82, 2.24) is 19.7 Å². The minimum Gasteiger partial charge on any atom is -0.382 e. The fourth-order valence-electron chi connectivity index (χ4n) is 3.16. The molecule has 144 valence electrons. The molecule has 2 atom stereocenters. The number of benzene rings is 2. The van der Waals surface area contributed by atoms with Crippen molar-refractivity contribution in [3.63, 3.8) is 0 Å². The SMILES string of the molecule is C[C@@H](c1nc2ccc(Cl)cc2s1)[C@](O)(Cn1cncn1)c1ccc(F)cc1F. The van der Waals surface area contributed by atoms with Crippen LogP contribution in [0, 0.1) is 11.6 Å². The van der Waals surface area contributed by atoms with Crippen molar-refractivity contribution in [3.05, 3.63) is 76.3 Å². The lowest BCUT2D eigenvalue weighted by Gasteiger charge is -2.33. The molecule has 0 spiro atoms. The highest BCUT2D eigenvalue weighted by atomic mass is 35.5. The van der Waals surface area contributed by atoms with Crippen LogP contribution in [0.15, 0.2) is 49.1 Å². The van der Waals surface area contributed by atoms with Gasteiger partial charge in [-0.05, 0) is 24.3 Å². The number of rotatable bonds is 5. The largest absolute Gasteiger partial charge is 0.382 e.